The molecule has 0 aromatic carbocycles. The fourth-order valence-electron chi connectivity index (χ4n) is 1.17. The van der Waals surface area contributed by atoms with E-state index in [1.807, 2.05) is 13.8 Å². The van der Waals surface area contributed by atoms with Crippen molar-refractivity contribution in [2.45, 2.75) is 40.0 Å². The highest BCUT2D eigenvalue weighted by Gasteiger charge is 2.08. The highest BCUT2D eigenvalue weighted by molar-refractivity contribution is 5.12. The molecule has 0 aliphatic heterocycles. The molecule has 0 unspecified atom stereocenters. The van der Waals surface area contributed by atoms with Crippen LogP contribution in [0.5, 0.6) is 0 Å². The van der Waals surface area contributed by atoms with Gasteiger partial charge < -0.3 is 5.21 Å². The predicted octanol–water partition coefficient (Wildman–Crippen LogP) is 2.08. The summed E-state index contributed by atoms with van der Waals surface area (Å²) >= 11 is 0. The van der Waals surface area contributed by atoms with Gasteiger partial charge in [-0.2, -0.15) is 4.73 Å². The Morgan fingerprint density at radius 2 is 2.08 bits per heavy atom. The third-order valence-corrected chi connectivity index (χ3v) is 2.14. The van der Waals surface area contributed by atoms with Crippen LogP contribution in [0.4, 0.5) is 0 Å². The summed E-state index contributed by atoms with van der Waals surface area (Å²) in [5.41, 5.74) is 1.77. The van der Waals surface area contributed by atoms with Crippen molar-refractivity contribution in [3.63, 3.8) is 0 Å². The highest BCUT2D eigenvalue weighted by atomic mass is 16.5. The van der Waals surface area contributed by atoms with E-state index in [1.165, 1.54) is 4.73 Å². The lowest BCUT2D eigenvalue weighted by Gasteiger charge is -1.99. The minimum absolute atomic E-state index is 0.784. The lowest BCUT2D eigenvalue weighted by Crippen LogP contribution is -2.00. The van der Waals surface area contributed by atoms with Crippen LogP contribution in [0.25, 0.3) is 0 Å². The van der Waals surface area contributed by atoms with Gasteiger partial charge >= 0.3 is 0 Å². The quantitative estimate of drug-likeness (QED) is 0.702. The van der Waals surface area contributed by atoms with Crippen molar-refractivity contribution in [1.82, 2.24) is 9.71 Å². The average Bonchev–Trinajstić information content (AvgIpc) is 2.30. The molecule has 1 rings (SSSR count). The molecule has 1 aromatic rings. The van der Waals surface area contributed by atoms with Gasteiger partial charge in [-0.15, -0.1) is 0 Å². The first kappa shape index (κ1) is 9.10. The van der Waals surface area contributed by atoms with Crippen LogP contribution in [0.1, 0.15) is 37.0 Å². The van der Waals surface area contributed by atoms with Crippen LogP contribution >= 0.6 is 0 Å². The minimum Gasteiger partial charge on any atom is -0.427 e. The SMILES string of the molecule is CCCCc1nc(C)c(C)n1O. The molecule has 3 heteroatoms. The van der Waals surface area contributed by atoms with Crippen molar-refractivity contribution >= 4 is 0 Å². The van der Waals surface area contributed by atoms with Crippen molar-refractivity contribution in [3.8, 4) is 0 Å². The largest absolute Gasteiger partial charge is 0.427 e. The Labute approximate surface area is 73.0 Å². The third-order valence-electron chi connectivity index (χ3n) is 2.14. The van der Waals surface area contributed by atoms with Gasteiger partial charge in [-0.05, 0) is 20.3 Å². The van der Waals surface area contributed by atoms with Gasteiger partial charge in [0, 0.05) is 6.42 Å². The van der Waals surface area contributed by atoms with Crippen LogP contribution in [-0.2, 0) is 6.42 Å². The number of rotatable bonds is 3. The molecule has 1 heterocycles. The molecule has 0 aliphatic rings. The Kier molecular flexibility index (Phi) is 2.74. The summed E-state index contributed by atoms with van der Waals surface area (Å²) in [6.07, 6.45) is 3.07. The van der Waals surface area contributed by atoms with Gasteiger partial charge in [0.2, 0.25) is 0 Å². The van der Waals surface area contributed by atoms with Crippen molar-refractivity contribution in [2.24, 2.45) is 0 Å². The van der Waals surface area contributed by atoms with E-state index in [2.05, 4.69) is 11.9 Å². The van der Waals surface area contributed by atoms with Gasteiger partial charge in [0.1, 0.15) is 5.82 Å². The maximum absolute atomic E-state index is 9.50. The molecule has 0 radical (unpaired) electrons. The fraction of sp³-hybridized carbons (Fsp3) is 0.667. The summed E-state index contributed by atoms with van der Waals surface area (Å²) in [5.74, 6) is 0.784. The lowest BCUT2D eigenvalue weighted by molar-refractivity contribution is 0.169. The average molecular weight is 168 g/mol. The van der Waals surface area contributed by atoms with E-state index >= 15 is 0 Å². The fourth-order valence-corrected chi connectivity index (χ4v) is 1.17. The van der Waals surface area contributed by atoms with Crippen LogP contribution < -0.4 is 0 Å². The molecule has 0 fully saturated rings. The Morgan fingerprint density at radius 1 is 1.42 bits per heavy atom. The van der Waals surface area contributed by atoms with Crippen LogP contribution in [0.3, 0.4) is 0 Å². The van der Waals surface area contributed by atoms with E-state index < -0.39 is 0 Å². The van der Waals surface area contributed by atoms with Crippen molar-refractivity contribution < 1.29 is 5.21 Å². The monoisotopic (exact) mass is 168 g/mol. The predicted molar refractivity (Wildman–Crippen MR) is 47.5 cm³/mol. The van der Waals surface area contributed by atoms with E-state index in [9.17, 15) is 5.21 Å². The van der Waals surface area contributed by atoms with Crippen LogP contribution in [0, 0.1) is 13.8 Å². The van der Waals surface area contributed by atoms with Crippen molar-refractivity contribution in [3.05, 3.63) is 17.2 Å². The number of hydrogen-bond donors (Lipinski definition) is 1. The normalized spacial score (nSPS) is 10.6. The Hall–Kier alpha value is -0.990. The minimum atomic E-state index is 0.784. The van der Waals surface area contributed by atoms with E-state index in [-0.39, 0.29) is 0 Å². The molecule has 0 amide bonds. The molecule has 3 nitrogen and oxygen atoms in total. The molecule has 0 saturated heterocycles. The molecule has 1 N–H and O–H groups in total. The smallest absolute Gasteiger partial charge is 0.145 e. The maximum atomic E-state index is 9.50. The van der Waals surface area contributed by atoms with Gasteiger partial charge in [0.05, 0.1) is 11.4 Å². The zero-order chi connectivity index (χ0) is 9.14. The van der Waals surface area contributed by atoms with Gasteiger partial charge in [0.15, 0.2) is 0 Å². The zero-order valence-electron chi connectivity index (χ0n) is 7.96. The van der Waals surface area contributed by atoms with Gasteiger partial charge in [-0.1, -0.05) is 13.3 Å². The first-order chi connectivity index (χ1) is 5.66. The summed E-state index contributed by atoms with van der Waals surface area (Å²) < 4.78 is 1.20. The van der Waals surface area contributed by atoms with Crippen LogP contribution in [0.15, 0.2) is 0 Å². The zero-order valence-corrected chi connectivity index (χ0v) is 7.96. The number of unbranched alkanes of at least 4 members (excludes halogenated alkanes) is 1. The second kappa shape index (κ2) is 3.61. The maximum Gasteiger partial charge on any atom is 0.145 e. The Morgan fingerprint density at radius 3 is 2.50 bits per heavy atom. The molecule has 12 heavy (non-hydrogen) atoms. The molecule has 0 aliphatic carbocycles. The number of imidazole rings is 1. The topological polar surface area (TPSA) is 38.0 Å². The number of aryl methyl sites for hydroxylation is 2. The van der Waals surface area contributed by atoms with Crippen LogP contribution in [0.2, 0.25) is 0 Å². The molecule has 0 spiro atoms. The van der Waals surface area contributed by atoms with Crippen molar-refractivity contribution in [1.29, 1.82) is 0 Å². The molecule has 68 valence electrons. The molecule has 0 atom stereocenters. The molecule has 1 aromatic heterocycles. The summed E-state index contributed by atoms with van der Waals surface area (Å²) in [6.45, 7) is 5.92. The standard InChI is InChI=1S/C9H16N2O/c1-4-5-6-9-10-7(2)8(3)11(9)12/h12H,4-6H2,1-3H3. The Balaban J connectivity index is 2.79. The first-order valence-electron chi connectivity index (χ1n) is 4.41. The van der Waals surface area contributed by atoms with Gasteiger partial charge in [-0.25, -0.2) is 4.98 Å². The highest BCUT2D eigenvalue weighted by Crippen LogP contribution is 2.09. The van der Waals surface area contributed by atoms with E-state index in [0.717, 1.165) is 36.5 Å². The van der Waals surface area contributed by atoms with E-state index in [0.29, 0.717) is 0 Å². The number of hydrogen-bond acceptors (Lipinski definition) is 2. The van der Waals surface area contributed by atoms with E-state index in [1.54, 1.807) is 0 Å². The van der Waals surface area contributed by atoms with Crippen LogP contribution in [-0.4, -0.2) is 14.9 Å². The van der Waals surface area contributed by atoms with Gasteiger partial charge in [-0.3, -0.25) is 0 Å². The molecular weight excluding hydrogens is 152 g/mol. The second-order valence-corrected chi connectivity index (χ2v) is 3.11. The molecular formula is C9H16N2O. The molecule has 0 saturated carbocycles. The second-order valence-electron chi connectivity index (χ2n) is 3.11. The summed E-state index contributed by atoms with van der Waals surface area (Å²) in [4.78, 5) is 4.26. The first-order valence-corrected chi connectivity index (χ1v) is 4.41. The van der Waals surface area contributed by atoms with E-state index in [4.69, 9.17) is 0 Å². The number of nitrogens with zero attached hydrogens (tertiary/aromatic N) is 2. The number of aromatic nitrogens is 2. The van der Waals surface area contributed by atoms with Gasteiger partial charge in [0.25, 0.3) is 0 Å². The molecule has 0 bridgehead atoms. The lowest BCUT2D eigenvalue weighted by atomic mass is 10.2. The summed E-state index contributed by atoms with van der Waals surface area (Å²) in [7, 11) is 0. The third kappa shape index (κ3) is 1.60. The summed E-state index contributed by atoms with van der Waals surface area (Å²) in [6, 6.07) is 0. The van der Waals surface area contributed by atoms with Crippen molar-refractivity contribution in [2.75, 3.05) is 0 Å². The Bertz CT molecular complexity index is 266. The summed E-state index contributed by atoms with van der Waals surface area (Å²) in [5, 5.41) is 9.50.